The average Bonchev–Trinajstić information content (AvgIpc) is 1.83. The molecule has 72 valence electrons. The van der Waals surface area contributed by atoms with E-state index in [1.807, 2.05) is 0 Å². The Labute approximate surface area is 71.7 Å². The van der Waals surface area contributed by atoms with Gasteiger partial charge in [-0.3, -0.25) is 9.35 Å². The highest BCUT2D eigenvalue weighted by Crippen LogP contribution is 2.23. The van der Waals surface area contributed by atoms with Gasteiger partial charge in [0.2, 0.25) is 0 Å². The van der Waals surface area contributed by atoms with Gasteiger partial charge >= 0.3 is 0 Å². The molecule has 0 rings (SSSR count). The number of hydrogen-bond acceptors (Lipinski definition) is 4. The number of ketones is 1. The Morgan fingerprint density at radius 2 is 1.83 bits per heavy atom. The molecule has 0 amide bonds. The first kappa shape index (κ1) is 11.5. The summed E-state index contributed by atoms with van der Waals surface area (Å²) in [6.45, 7) is 3.96. The van der Waals surface area contributed by atoms with E-state index in [2.05, 4.69) is 0 Å². The molecule has 0 aliphatic carbocycles. The number of Topliss-reactive ketones (excluding diaryl/α,β-unsaturated/α-hetero) is 1. The van der Waals surface area contributed by atoms with Crippen LogP contribution in [0.5, 0.6) is 0 Å². The molecule has 0 saturated carbocycles. The van der Waals surface area contributed by atoms with Gasteiger partial charge in [0.15, 0.2) is 0 Å². The highest BCUT2D eigenvalue weighted by molar-refractivity contribution is 7.86. The molecule has 0 spiro atoms. The van der Waals surface area contributed by atoms with E-state index in [0.717, 1.165) is 0 Å². The van der Waals surface area contributed by atoms with Gasteiger partial charge in [-0.1, -0.05) is 13.8 Å². The Morgan fingerprint density at radius 1 is 1.50 bits per heavy atom. The first-order valence-electron chi connectivity index (χ1n) is 3.33. The van der Waals surface area contributed by atoms with E-state index in [1.54, 1.807) is 0 Å². The van der Waals surface area contributed by atoms with E-state index in [-0.39, 0.29) is 5.78 Å². The number of hydrogen-bond donors (Lipinski definition) is 2. The second kappa shape index (κ2) is 3.12. The van der Waals surface area contributed by atoms with Crippen molar-refractivity contribution in [1.29, 1.82) is 0 Å². The van der Waals surface area contributed by atoms with Crippen molar-refractivity contribution in [3.8, 4) is 0 Å². The third kappa shape index (κ3) is 2.26. The Kier molecular flexibility index (Phi) is 3.00. The fraction of sp³-hybridized carbons (Fsp3) is 0.833. The van der Waals surface area contributed by atoms with Crippen LogP contribution >= 0.6 is 0 Å². The molecule has 0 aromatic carbocycles. The summed E-state index contributed by atoms with van der Waals surface area (Å²) in [6, 6.07) is 0. The summed E-state index contributed by atoms with van der Waals surface area (Å²) >= 11 is 0. The summed E-state index contributed by atoms with van der Waals surface area (Å²) < 4.78 is 29.7. The van der Waals surface area contributed by atoms with Crippen molar-refractivity contribution in [2.75, 3.05) is 0 Å². The molecule has 0 aromatic rings. The molecule has 1 unspecified atom stereocenters. The molecular formula is C6H13NO4S. The molecule has 0 fully saturated rings. The van der Waals surface area contributed by atoms with E-state index in [9.17, 15) is 13.2 Å². The van der Waals surface area contributed by atoms with E-state index in [0.29, 0.717) is 0 Å². The standard InChI is InChI=1S/C6H13NO4S/c1-4(8)6(2,3)5(7)12(9,10)11/h5H,7H2,1-3H3,(H,9,10,11). The van der Waals surface area contributed by atoms with Crippen LogP contribution in [0.3, 0.4) is 0 Å². The number of carbonyl (C=O) groups is 1. The van der Waals surface area contributed by atoms with Crippen molar-refractivity contribution in [3.63, 3.8) is 0 Å². The van der Waals surface area contributed by atoms with E-state index in [4.69, 9.17) is 10.3 Å². The fourth-order valence-electron chi connectivity index (χ4n) is 0.573. The summed E-state index contributed by atoms with van der Waals surface area (Å²) in [4.78, 5) is 10.9. The van der Waals surface area contributed by atoms with Crippen molar-refractivity contribution in [2.24, 2.45) is 11.1 Å². The van der Waals surface area contributed by atoms with Crippen LogP contribution in [0.2, 0.25) is 0 Å². The molecule has 6 heteroatoms. The van der Waals surface area contributed by atoms with Gasteiger partial charge in [0, 0.05) is 0 Å². The monoisotopic (exact) mass is 195 g/mol. The molecule has 0 saturated heterocycles. The van der Waals surface area contributed by atoms with Gasteiger partial charge in [0.25, 0.3) is 10.1 Å². The smallest absolute Gasteiger partial charge is 0.281 e. The predicted octanol–water partition coefficient (Wildman–Crippen LogP) is -0.226. The lowest BCUT2D eigenvalue weighted by molar-refractivity contribution is -0.124. The molecule has 5 nitrogen and oxygen atoms in total. The van der Waals surface area contributed by atoms with Crippen LogP contribution in [0.15, 0.2) is 0 Å². The molecular weight excluding hydrogens is 182 g/mol. The molecule has 0 radical (unpaired) electrons. The van der Waals surface area contributed by atoms with Gasteiger partial charge in [-0.15, -0.1) is 0 Å². The maximum atomic E-state index is 10.9. The Bertz CT molecular complexity index is 280. The normalized spacial score (nSPS) is 15.8. The van der Waals surface area contributed by atoms with Crippen molar-refractivity contribution in [2.45, 2.75) is 26.1 Å². The summed E-state index contributed by atoms with van der Waals surface area (Å²) in [7, 11) is -4.35. The maximum absolute atomic E-state index is 10.9. The van der Waals surface area contributed by atoms with Crippen molar-refractivity contribution in [3.05, 3.63) is 0 Å². The molecule has 12 heavy (non-hydrogen) atoms. The van der Waals surface area contributed by atoms with Crippen LogP contribution in [0, 0.1) is 5.41 Å². The minimum absolute atomic E-state index is 0.382. The molecule has 0 aromatic heterocycles. The molecule has 0 bridgehead atoms. The van der Waals surface area contributed by atoms with Crippen LogP contribution in [0.1, 0.15) is 20.8 Å². The molecule has 0 aliphatic heterocycles. The van der Waals surface area contributed by atoms with Crippen LogP contribution < -0.4 is 5.73 Å². The average molecular weight is 195 g/mol. The molecule has 1 atom stereocenters. The second-order valence-electron chi connectivity index (χ2n) is 3.21. The quantitative estimate of drug-likeness (QED) is 0.606. The zero-order valence-electron chi connectivity index (χ0n) is 7.23. The van der Waals surface area contributed by atoms with Crippen LogP contribution in [-0.4, -0.2) is 24.1 Å². The van der Waals surface area contributed by atoms with Crippen LogP contribution in [0.4, 0.5) is 0 Å². The topological polar surface area (TPSA) is 97.5 Å². The van der Waals surface area contributed by atoms with Gasteiger partial charge in [-0.05, 0) is 6.92 Å². The highest BCUT2D eigenvalue weighted by atomic mass is 32.2. The summed E-state index contributed by atoms with van der Waals surface area (Å²) in [5.41, 5.74) is 3.91. The van der Waals surface area contributed by atoms with Crippen LogP contribution in [-0.2, 0) is 14.9 Å². The lowest BCUT2D eigenvalue weighted by Gasteiger charge is -2.25. The van der Waals surface area contributed by atoms with Crippen molar-refractivity contribution >= 4 is 15.9 Å². The van der Waals surface area contributed by atoms with E-state index in [1.165, 1.54) is 20.8 Å². The Hall–Kier alpha value is -0.460. The second-order valence-corrected chi connectivity index (χ2v) is 4.75. The summed E-state index contributed by atoms with van der Waals surface area (Å²) in [5.74, 6) is -0.382. The lowest BCUT2D eigenvalue weighted by Crippen LogP contribution is -2.47. The first-order valence-corrected chi connectivity index (χ1v) is 4.83. The SMILES string of the molecule is CC(=O)C(C)(C)C(N)S(=O)(=O)O. The van der Waals surface area contributed by atoms with Gasteiger partial charge in [-0.2, -0.15) is 8.42 Å². The molecule has 0 aliphatic rings. The van der Waals surface area contributed by atoms with E-state index < -0.39 is 20.9 Å². The maximum Gasteiger partial charge on any atom is 0.281 e. The fourth-order valence-corrected chi connectivity index (χ4v) is 1.48. The summed E-state index contributed by atoms with van der Waals surface area (Å²) in [5, 5.41) is -1.57. The largest absolute Gasteiger partial charge is 0.312 e. The van der Waals surface area contributed by atoms with E-state index >= 15 is 0 Å². The Balaban J connectivity index is 4.95. The first-order chi connectivity index (χ1) is 5.10. The van der Waals surface area contributed by atoms with Crippen LogP contribution in [0.25, 0.3) is 0 Å². The zero-order valence-corrected chi connectivity index (χ0v) is 8.05. The summed E-state index contributed by atoms with van der Waals surface area (Å²) in [6.07, 6.45) is 0. The van der Waals surface area contributed by atoms with Crippen molar-refractivity contribution in [1.82, 2.24) is 0 Å². The van der Waals surface area contributed by atoms with Gasteiger partial charge in [0.1, 0.15) is 11.2 Å². The Morgan fingerprint density at radius 3 is 1.92 bits per heavy atom. The van der Waals surface area contributed by atoms with Crippen molar-refractivity contribution < 1.29 is 17.8 Å². The molecule has 0 heterocycles. The highest BCUT2D eigenvalue weighted by Gasteiger charge is 2.39. The molecule has 3 N–H and O–H groups in total. The van der Waals surface area contributed by atoms with Gasteiger partial charge < -0.3 is 5.73 Å². The number of rotatable bonds is 3. The number of carbonyl (C=O) groups excluding carboxylic acids is 1. The third-order valence-corrected chi connectivity index (χ3v) is 3.17. The zero-order chi connectivity index (χ0) is 10.2. The van der Waals surface area contributed by atoms with Gasteiger partial charge in [-0.25, -0.2) is 0 Å². The minimum atomic E-state index is -4.35. The lowest BCUT2D eigenvalue weighted by atomic mass is 9.89. The third-order valence-electron chi connectivity index (χ3n) is 1.94. The predicted molar refractivity (Wildman–Crippen MR) is 44.0 cm³/mol. The number of nitrogens with two attached hydrogens (primary N) is 1. The minimum Gasteiger partial charge on any atom is -0.312 e. The van der Waals surface area contributed by atoms with Gasteiger partial charge in [0.05, 0.1) is 5.41 Å².